The van der Waals surface area contributed by atoms with Gasteiger partial charge in [-0.1, -0.05) is 61.9 Å². The second-order valence-electron chi connectivity index (χ2n) is 22.9. The second-order valence-corrected chi connectivity index (χ2v) is 22.9. The SMILES string of the molecule is CCC(=O)NCCNC(=O)/N=C(/N)NCCC[C@@H](NC(=O)[C@H](c1cccc(NCCCNC(=O)CCCCCNC(=O)NCCONC(=O)CN2CCN(CC(=O)O)CCN(CC(=O)O)CCN(CC(=O)O)CC2)c1)N1Cc2ccccc2C1)C(=O)NCc1ccc(O)cc1. The lowest BCUT2D eigenvalue weighted by molar-refractivity contribution is -0.141. The molecule has 0 bridgehead atoms. The van der Waals surface area contributed by atoms with Crippen molar-refractivity contribution in [3.8, 4) is 5.75 Å². The highest BCUT2D eigenvalue weighted by Gasteiger charge is 2.35. The highest BCUT2D eigenvalue weighted by atomic mass is 16.7. The summed E-state index contributed by atoms with van der Waals surface area (Å²) >= 11 is 0. The van der Waals surface area contributed by atoms with Crippen LogP contribution in [0.25, 0.3) is 0 Å². The summed E-state index contributed by atoms with van der Waals surface area (Å²) < 4.78 is 0. The zero-order chi connectivity index (χ0) is 68.7. The van der Waals surface area contributed by atoms with Gasteiger partial charge in [0.2, 0.25) is 23.6 Å². The van der Waals surface area contributed by atoms with Gasteiger partial charge in [0.25, 0.3) is 5.91 Å². The molecule has 95 heavy (non-hydrogen) atoms. The number of guanidine groups is 1. The van der Waals surface area contributed by atoms with Crippen molar-refractivity contribution in [1.82, 2.24) is 72.5 Å². The third kappa shape index (κ3) is 31.5. The number of aliphatic carboxylic acids is 3. The zero-order valence-corrected chi connectivity index (χ0v) is 54.0. The van der Waals surface area contributed by atoms with Gasteiger partial charge >= 0.3 is 30.0 Å². The minimum atomic E-state index is -1.06. The maximum absolute atomic E-state index is 14.8. The molecule has 9 amide bonds. The van der Waals surface area contributed by atoms with E-state index in [2.05, 4.69) is 63.2 Å². The number of fused-ring (bicyclic) bond motifs is 1. The number of amides is 9. The van der Waals surface area contributed by atoms with Crippen LogP contribution in [0.2, 0.25) is 0 Å². The van der Waals surface area contributed by atoms with E-state index >= 15 is 0 Å². The number of rotatable bonds is 38. The topological polar surface area (TPSA) is 436 Å². The Kier molecular flexibility index (Phi) is 34.6. The number of aliphatic imine (C=N–C) groups is 1. The molecule has 2 heterocycles. The predicted molar refractivity (Wildman–Crippen MR) is 351 cm³/mol. The second kappa shape index (κ2) is 42.9. The van der Waals surface area contributed by atoms with Crippen LogP contribution in [0.4, 0.5) is 15.3 Å². The first-order valence-electron chi connectivity index (χ1n) is 32.1. The van der Waals surface area contributed by atoms with Crippen LogP contribution in [-0.4, -0.2) is 247 Å². The van der Waals surface area contributed by atoms with Crippen molar-refractivity contribution in [2.45, 2.75) is 90.0 Å². The lowest BCUT2D eigenvalue weighted by Gasteiger charge is -2.32. The standard InChI is InChI=1S/C63H95N17O15/c1-2-52(82)67-25-26-70-63(94)74-61(64)68-22-9-15-51(59(91)72-38-45-17-19-50(81)20-18-45)73-60(92)58(80-39-47-11-5-6-12-48(47)40-80)46-13-8-14-49(37-46)65-23-10-24-66-53(83)16-4-3-7-21-69-62(93)71-27-36-95-75-54(84)41-76-28-30-77(42-55(85)86)32-34-79(44-57(89)90)35-33-78(31-29-76)43-56(87)88/h5-6,8,11-14,17-20,37,51,58,65,81H,2-4,7,9-10,15-16,21-36,38-44H2,1H3,(H,66,83)(H,67,82)(H,72,91)(H,73,92)(H,75,84)(H,85,86)(H,87,88)(H,89,90)(H2,69,71,93)(H4,64,68,70,74,94)/t51-,58+/m1/s1. The molecule has 0 aromatic heterocycles. The predicted octanol–water partition coefficient (Wildman–Crippen LogP) is -0.528. The van der Waals surface area contributed by atoms with E-state index in [-0.39, 0.29) is 148 Å². The number of hydrogen-bond donors (Lipinski definition) is 15. The van der Waals surface area contributed by atoms with Gasteiger partial charge in [-0.15, -0.1) is 0 Å². The van der Waals surface area contributed by atoms with E-state index in [0.717, 1.165) is 22.4 Å². The fraction of sp³-hybridized carbons (Fsp3) is 0.540. The molecular formula is C63H95N17O15. The highest BCUT2D eigenvalue weighted by Crippen LogP contribution is 2.33. The van der Waals surface area contributed by atoms with Crippen molar-refractivity contribution in [2.75, 3.05) is 136 Å². The van der Waals surface area contributed by atoms with E-state index < -0.39 is 59.8 Å². The summed E-state index contributed by atoms with van der Waals surface area (Å²) in [5.74, 6) is -4.83. The van der Waals surface area contributed by atoms with Gasteiger partial charge in [-0.05, 0) is 78.6 Å². The molecular weight excluding hydrogens is 1230 g/mol. The largest absolute Gasteiger partial charge is 0.508 e. The number of phenolic OH excluding ortho intramolecular Hbond substituents is 1. The Hall–Kier alpha value is -9.21. The van der Waals surface area contributed by atoms with Crippen LogP contribution < -0.4 is 59.1 Å². The average molecular weight is 1330 g/mol. The first-order chi connectivity index (χ1) is 45.7. The molecule has 3 aromatic rings. The molecule has 0 spiro atoms. The van der Waals surface area contributed by atoms with Gasteiger partial charge in [0, 0.05) is 136 Å². The maximum Gasteiger partial charge on any atom is 0.344 e. The van der Waals surface area contributed by atoms with Crippen molar-refractivity contribution >= 4 is 71.2 Å². The number of hydroxylamine groups is 1. The number of aromatic hydroxyl groups is 1. The number of nitrogens with one attached hydrogen (secondary N) is 10. The van der Waals surface area contributed by atoms with Gasteiger partial charge < -0.3 is 74.0 Å². The van der Waals surface area contributed by atoms with Crippen LogP contribution in [0.5, 0.6) is 5.75 Å². The molecule has 5 rings (SSSR count). The molecule has 2 aliphatic heterocycles. The molecule has 522 valence electrons. The van der Waals surface area contributed by atoms with Crippen molar-refractivity contribution in [1.29, 1.82) is 0 Å². The molecule has 0 aliphatic carbocycles. The number of carbonyl (C=O) groups is 10. The van der Waals surface area contributed by atoms with Crippen molar-refractivity contribution in [3.63, 3.8) is 0 Å². The van der Waals surface area contributed by atoms with E-state index in [1.54, 1.807) is 38.7 Å². The Balaban J connectivity index is 1.01. The summed E-state index contributed by atoms with van der Waals surface area (Å²) in [6, 6.07) is 18.9. The van der Waals surface area contributed by atoms with E-state index in [1.807, 2.05) is 48.5 Å². The number of phenols is 1. The number of anilines is 1. The third-order valence-corrected chi connectivity index (χ3v) is 15.4. The molecule has 0 unspecified atom stereocenters. The van der Waals surface area contributed by atoms with Gasteiger partial charge in [0.1, 0.15) is 17.8 Å². The fourth-order valence-corrected chi connectivity index (χ4v) is 10.4. The summed E-state index contributed by atoms with van der Waals surface area (Å²) in [5.41, 5.74) is 12.7. The van der Waals surface area contributed by atoms with Gasteiger partial charge in [-0.3, -0.25) is 67.7 Å². The number of carboxylic acids is 3. The van der Waals surface area contributed by atoms with Crippen molar-refractivity contribution in [3.05, 3.63) is 95.1 Å². The number of nitrogens with zero attached hydrogens (tertiary/aromatic N) is 6. The first kappa shape index (κ1) is 76.5. The molecule has 3 aromatic carbocycles. The average Bonchev–Trinajstić information content (AvgIpc) is 1.70. The summed E-state index contributed by atoms with van der Waals surface area (Å²) in [6.07, 6.45) is 3.66. The number of urea groups is 2. The Labute approximate surface area is 552 Å². The van der Waals surface area contributed by atoms with E-state index in [4.69, 9.17) is 10.6 Å². The number of benzene rings is 3. The molecule has 32 nitrogen and oxygen atoms in total. The molecule has 1 fully saturated rings. The molecule has 16 N–H and O–H groups in total. The maximum atomic E-state index is 14.8. The smallest absolute Gasteiger partial charge is 0.344 e. The van der Waals surface area contributed by atoms with Gasteiger partial charge in [-0.25, -0.2) is 15.1 Å². The number of carbonyl (C=O) groups excluding carboxylic acids is 7. The summed E-state index contributed by atoms with van der Waals surface area (Å²) in [5, 5.41) is 63.9. The van der Waals surface area contributed by atoms with Gasteiger partial charge in [0.05, 0.1) is 32.8 Å². The van der Waals surface area contributed by atoms with Crippen LogP contribution in [-0.2, 0) is 62.8 Å². The molecule has 0 saturated carbocycles. The number of unbranched alkanes of at least 4 members (excludes halogenated alkanes) is 2. The highest BCUT2D eigenvalue weighted by molar-refractivity contribution is 5.92. The van der Waals surface area contributed by atoms with E-state index in [9.17, 15) is 68.4 Å². The van der Waals surface area contributed by atoms with Crippen LogP contribution >= 0.6 is 0 Å². The fourth-order valence-electron chi connectivity index (χ4n) is 10.4. The lowest BCUT2D eigenvalue weighted by Crippen LogP contribution is -2.50. The van der Waals surface area contributed by atoms with Crippen LogP contribution in [0, 0.1) is 0 Å². The van der Waals surface area contributed by atoms with Crippen molar-refractivity contribution < 1.29 is 73.2 Å². The number of hydrogen-bond acceptors (Lipinski definition) is 18. The summed E-state index contributed by atoms with van der Waals surface area (Å²) in [7, 11) is 0. The minimum Gasteiger partial charge on any atom is -0.508 e. The molecule has 0 radical (unpaired) electrons. The summed E-state index contributed by atoms with van der Waals surface area (Å²) in [4.78, 5) is 143. The van der Waals surface area contributed by atoms with Crippen LogP contribution in [0.1, 0.15) is 86.6 Å². The third-order valence-electron chi connectivity index (χ3n) is 15.4. The van der Waals surface area contributed by atoms with Crippen LogP contribution in [0.3, 0.4) is 0 Å². The molecule has 32 heteroatoms. The molecule has 2 atom stereocenters. The van der Waals surface area contributed by atoms with E-state index in [1.165, 1.54) is 12.1 Å². The Morgan fingerprint density at radius 3 is 1.74 bits per heavy atom. The quantitative estimate of drug-likeness (QED) is 0.0148. The number of carboxylic acid groups (broad SMARTS) is 3. The van der Waals surface area contributed by atoms with E-state index in [0.29, 0.717) is 83.2 Å². The number of nitrogens with two attached hydrogens (primary N) is 1. The summed E-state index contributed by atoms with van der Waals surface area (Å²) in [6.45, 7) is 5.71. The lowest BCUT2D eigenvalue weighted by atomic mass is 10.0. The first-order valence-corrected chi connectivity index (χ1v) is 32.1. The normalized spacial score (nSPS) is 15.1. The Morgan fingerprint density at radius 1 is 0.558 bits per heavy atom. The van der Waals surface area contributed by atoms with Gasteiger partial charge in [-0.2, -0.15) is 4.99 Å². The zero-order valence-electron chi connectivity index (χ0n) is 54.0. The van der Waals surface area contributed by atoms with Crippen molar-refractivity contribution in [2.24, 2.45) is 10.7 Å². The molecule has 1 saturated heterocycles. The van der Waals surface area contributed by atoms with Crippen LogP contribution in [0.15, 0.2) is 77.8 Å². The Morgan fingerprint density at radius 2 is 1.13 bits per heavy atom. The minimum absolute atomic E-state index is 0.0522. The molecule has 2 aliphatic rings. The van der Waals surface area contributed by atoms with Gasteiger partial charge in [0.15, 0.2) is 5.96 Å². The monoisotopic (exact) mass is 1330 g/mol. The Bertz CT molecular complexity index is 2940.